The van der Waals surface area contributed by atoms with Crippen molar-refractivity contribution in [3.8, 4) is 0 Å². The fourth-order valence-electron chi connectivity index (χ4n) is 4.04. The van der Waals surface area contributed by atoms with Gasteiger partial charge in [-0.25, -0.2) is 0 Å². The lowest BCUT2D eigenvalue weighted by Crippen LogP contribution is -2.46. The van der Waals surface area contributed by atoms with E-state index in [9.17, 15) is 0 Å². The molecule has 2 heteroatoms. The van der Waals surface area contributed by atoms with Gasteiger partial charge >= 0.3 is 0 Å². The zero-order valence-corrected chi connectivity index (χ0v) is 12.3. The van der Waals surface area contributed by atoms with E-state index in [2.05, 4.69) is 11.8 Å². The molecule has 2 rings (SSSR count). The van der Waals surface area contributed by atoms with Gasteiger partial charge in [-0.1, -0.05) is 39.0 Å². The molecule has 1 saturated carbocycles. The summed E-state index contributed by atoms with van der Waals surface area (Å²) >= 11 is 0. The van der Waals surface area contributed by atoms with E-state index in [1.165, 1.54) is 77.4 Å². The minimum absolute atomic E-state index is 0.468. The van der Waals surface area contributed by atoms with E-state index in [4.69, 9.17) is 5.73 Å². The molecule has 0 spiro atoms. The Morgan fingerprint density at radius 2 is 1.78 bits per heavy atom. The standard InChI is InChI=1S/C16H32N2/c1-2-6-15-7-11-18(12-8-15)14-16(13-17)9-4-3-5-10-16/h15H,2-14,17H2,1H3. The second-order valence-electron chi connectivity index (χ2n) is 6.77. The van der Waals surface area contributed by atoms with Crippen LogP contribution in [0.5, 0.6) is 0 Å². The van der Waals surface area contributed by atoms with Crippen LogP contribution in [0.3, 0.4) is 0 Å². The molecule has 0 aromatic carbocycles. The minimum atomic E-state index is 0.468. The number of hydrogen-bond acceptors (Lipinski definition) is 2. The number of rotatable bonds is 5. The van der Waals surface area contributed by atoms with Crippen molar-refractivity contribution in [2.24, 2.45) is 17.1 Å². The Hall–Kier alpha value is -0.0800. The smallest absolute Gasteiger partial charge is 0.00501 e. The highest BCUT2D eigenvalue weighted by Crippen LogP contribution is 2.37. The summed E-state index contributed by atoms with van der Waals surface area (Å²) in [5, 5.41) is 0. The molecular formula is C16H32N2. The zero-order valence-electron chi connectivity index (χ0n) is 12.3. The maximum absolute atomic E-state index is 6.10. The van der Waals surface area contributed by atoms with Crippen molar-refractivity contribution in [3.63, 3.8) is 0 Å². The third-order valence-corrected chi connectivity index (χ3v) is 5.31. The molecule has 0 atom stereocenters. The molecule has 0 unspecified atom stereocenters. The molecule has 0 amide bonds. The summed E-state index contributed by atoms with van der Waals surface area (Å²) in [5.41, 5.74) is 6.57. The summed E-state index contributed by atoms with van der Waals surface area (Å²) in [7, 11) is 0. The van der Waals surface area contributed by atoms with Crippen molar-refractivity contribution in [1.29, 1.82) is 0 Å². The fraction of sp³-hybridized carbons (Fsp3) is 1.00. The molecular weight excluding hydrogens is 220 g/mol. The van der Waals surface area contributed by atoms with Crippen LogP contribution < -0.4 is 5.73 Å². The molecule has 2 aliphatic rings. The van der Waals surface area contributed by atoms with Gasteiger partial charge in [-0.15, -0.1) is 0 Å². The first kappa shape index (κ1) is 14.3. The summed E-state index contributed by atoms with van der Waals surface area (Å²) in [4.78, 5) is 2.71. The van der Waals surface area contributed by atoms with Gasteiger partial charge in [0.15, 0.2) is 0 Å². The van der Waals surface area contributed by atoms with Crippen LogP contribution >= 0.6 is 0 Å². The molecule has 106 valence electrons. The molecule has 1 heterocycles. The number of hydrogen-bond donors (Lipinski definition) is 1. The van der Waals surface area contributed by atoms with Crippen molar-refractivity contribution in [3.05, 3.63) is 0 Å². The van der Waals surface area contributed by atoms with E-state index in [1.54, 1.807) is 0 Å². The summed E-state index contributed by atoms with van der Waals surface area (Å²) in [6, 6.07) is 0. The SMILES string of the molecule is CCCC1CCN(CC2(CN)CCCCC2)CC1. The van der Waals surface area contributed by atoms with Gasteiger partial charge in [0.2, 0.25) is 0 Å². The van der Waals surface area contributed by atoms with Crippen LogP contribution in [0.15, 0.2) is 0 Å². The van der Waals surface area contributed by atoms with Gasteiger partial charge in [-0.05, 0) is 56.7 Å². The predicted octanol–water partition coefficient (Wildman–Crippen LogP) is 3.41. The van der Waals surface area contributed by atoms with Crippen LogP contribution in [0.1, 0.15) is 64.7 Å². The second kappa shape index (κ2) is 6.91. The molecule has 0 aromatic rings. The second-order valence-corrected chi connectivity index (χ2v) is 6.77. The Morgan fingerprint density at radius 3 is 2.33 bits per heavy atom. The highest BCUT2D eigenvalue weighted by Gasteiger charge is 2.33. The molecule has 2 fully saturated rings. The molecule has 0 aromatic heterocycles. The lowest BCUT2D eigenvalue weighted by molar-refractivity contribution is 0.0829. The molecule has 2 nitrogen and oxygen atoms in total. The van der Waals surface area contributed by atoms with E-state index < -0.39 is 0 Å². The molecule has 1 saturated heterocycles. The zero-order chi connectivity index (χ0) is 12.8. The summed E-state index contributed by atoms with van der Waals surface area (Å²) in [5.74, 6) is 1.01. The highest BCUT2D eigenvalue weighted by molar-refractivity contribution is 4.88. The van der Waals surface area contributed by atoms with Crippen molar-refractivity contribution in [1.82, 2.24) is 4.90 Å². The van der Waals surface area contributed by atoms with Crippen molar-refractivity contribution in [2.45, 2.75) is 64.7 Å². The average Bonchev–Trinajstić information content (AvgIpc) is 2.42. The topological polar surface area (TPSA) is 29.3 Å². The van der Waals surface area contributed by atoms with Crippen LogP contribution in [0.25, 0.3) is 0 Å². The van der Waals surface area contributed by atoms with E-state index in [1.807, 2.05) is 0 Å². The van der Waals surface area contributed by atoms with Crippen LogP contribution in [0.2, 0.25) is 0 Å². The van der Waals surface area contributed by atoms with Gasteiger partial charge in [-0.3, -0.25) is 0 Å². The number of likely N-dealkylation sites (tertiary alicyclic amines) is 1. The minimum Gasteiger partial charge on any atom is -0.330 e. The first-order chi connectivity index (χ1) is 8.78. The van der Waals surface area contributed by atoms with Crippen molar-refractivity contribution >= 4 is 0 Å². The Morgan fingerprint density at radius 1 is 1.11 bits per heavy atom. The number of nitrogens with two attached hydrogens (primary N) is 1. The lowest BCUT2D eigenvalue weighted by Gasteiger charge is -2.42. The van der Waals surface area contributed by atoms with E-state index in [0.717, 1.165) is 12.5 Å². The van der Waals surface area contributed by atoms with Crippen LogP contribution in [0, 0.1) is 11.3 Å². The Kier molecular flexibility index (Phi) is 5.50. The highest BCUT2D eigenvalue weighted by atomic mass is 15.1. The molecule has 2 N–H and O–H groups in total. The van der Waals surface area contributed by atoms with E-state index >= 15 is 0 Å². The molecule has 0 radical (unpaired) electrons. The number of nitrogens with zero attached hydrogens (tertiary/aromatic N) is 1. The van der Waals surface area contributed by atoms with Crippen molar-refractivity contribution in [2.75, 3.05) is 26.2 Å². The molecule has 18 heavy (non-hydrogen) atoms. The van der Waals surface area contributed by atoms with E-state index in [-0.39, 0.29) is 0 Å². The largest absolute Gasteiger partial charge is 0.330 e. The monoisotopic (exact) mass is 252 g/mol. The molecule has 1 aliphatic heterocycles. The number of piperidine rings is 1. The summed E-state index contributed by atoms with van der Waals surface area (Å²) in [6.07, 6.45) is 12.6. The van der Waals surface area contributed by atoms with Gasteiger partial charge in [0, 0.05) is 6.54 Å². The maximum atomic E-state index is 6.10. The normalized spacial score (nSPS) is 26.3. The first-order valence-electron chi connectivity index (χ1n) is 8.20. The Labute approximate surface area is 113 Å². The third-order valence-electron chi connectivity index (χ3n) is 5.31. The van der Waals surface area contributed by atoms with E-state index in [0.29, 0.717) is 5.41 Å². The summed E-state index contributed by atoms with van der Waals surface area (Å²) in [6.45, 7) is 7.15. The third kappa shape index (κ3) is 3.71. The fourth-order valence-corrected chi connectivity index (χ4v) is 4.04. The molecule has 0 bridgehead atoms. The lowest BCUT2D eigenvalue weighted by atomic mass is 9.73. The summed E-state index contributed by atoms with van der Waals surface area (Å²) < 4.78 is 0. The molecule has 1 aliphatic carbocycles. The first-order valence-corrected chi connectivity index (χ1v) is 8.20. The van der Waals surface area contributed by atoms with Crippen LogP contribution in [-0.4, -0.2) is 31.1 Å². The van der Waals surface area contributed by atoms with Gasteiger partial charge < -0.3 is 10.6 Å². The quantitative estimate of drug-likeness (QED) is 0.812. The maximum Gasteiger partial charge on any atom is 0.00501 e. The average molecular weight is 252 g/mol. The van der Waals surface area contributed by atoms with Crippen LogP contribution in [0.4, 0.5) is 0 Å². The van der Waals surface area contributed by atoms with Gasteiger partial charge in [0.05, 0.1) is 0 Å². The Balaban J connectivity index is 1.79. The predicted molar refractivity (Wildman–Crippen MR) is 78.6 cm³/mol. The van der Waals surface area contributed by atoms with Gasteiger partial charge in [-0.2, -0.15) is 0 Å². The van der Waals surface area contributed by atoms with Gasteiger partial charge in [0.25, 0.3) is 0 Å². The van der Waals surface area contributed by atoms with Crippen LogP contribution in [-0.2, 0) is 0 Å². The Bertz CT molecular complexity index is 225. The van der Waals surface area contributed by atoms with Gasteiger partial charge in [0.1, 0.15) is 0 Å². The van der Waals surface area contributed by atoms with Crippen molar-refractivity contribution < 1.29 is 0 Å².